The van der Waals surface area contributed by atoms with Gasteiger partial charge in [0.2, 0.25) is 0 Å². The minimum Gasteiger partial charge on any atom is -0.371 e. The van der Waals surface area contributed by atoms with Gasteiger partial charge in [-0.3, -0.25) is 8.61 Å². The van der Waals surface area contributed by atoms with E-state index in [0.717, 1.165) is 35.4 Å². The van der Waals surface area contributed by atoms with Crippen LogP contribution in [-0.2, 0) is 10.8 Å². The molecule has 23 heavy (non-hydrogen) atoms. The number of pyridine rings is 1. The van der Waals surface area contributed by atoms with E-state index in [2.05, 4.69) is 16.4 Å². The normalized spacial score (nSPS) is 12.4. The maximum atomic E-state index is 11.2. The molecule has 0 radical (unpaired) electrons. The third-order valence-corrected chi connectivity index (χ3v) is 4.66. The van der Waals surface area contributed by atoms with E-state index >= 15 is 0 Å². The summed E-state index contributed by atoms with van der Waals surface area (Å²) in [7, 11) is -0.777. The first kappa shape index (κ1) is 15.5. The monoisotopic (exact) mass is 326 g/mol. The summed E-state index contributed by atoms with van der Waals surface area (Å²) in [5.74, 6) is 1.59. The number of anilines is 1. The summed E-state index contributed by atoms with van der Waals surface area (Å²) in [5, 5.41) is 12.8. The molecule has 1 aromatic carbocycles. The molecular formula is C17H18N4OS. The van der Waals surface area contributed by atoms with Crippen molar-refractivity contribution in [2.24, 2.45) is 0 Å². The predicted octanol–water partition coefficient (Wildman–Crippen LogP) is 2.85. The Balaban J connectivity index is 2.10. The average molecular weight is 326 g/mol. The standard InChI is InChI=1S/C17H18N4OS/c1-12-10-16(19-8-5-9-23(2)22)21-15-7-4-3-6-14(15)20-17(21)13(12)11-18/h3-4,6-7,10,19H,5,8-9H2,1-2H3/t23-/m0/s1. The van der Waals surface area contributed by atoms with Crippen molar-refractivity contribution < 1.29 is 4.21 Å². The van der Waals surface area contributed by atoms with E-state index < -0.39 is 10.8 Å². The lowest BCUT2D eigenvalue weighted by atomic mass is 10.1. The van der Waals surface area contributed by atoms with Gasteiger partial charge in [0, 0.05) is 29.4 Å². The second-order valence-electron chi connectivity index (χ2n) is 5.52. The van der Waals surface area contributed by atoms with Crippen LogP contribution in [0.3, 0.4) is 0 Å². The van der Waals surface area contributed by atoms with Gasteiger partial charge in [-0.25, -0.2) is 4.98 Å². The van der Waals surface area contributed by atoms with Gasteiger partial charge >= 0.3 is 0 Å². The number of aryl methyl sites for hydroxylation is 1. The number of benzene rings is 1. The van der Waals surface area contributed by atoms with Gasteiger partial charge in [-0.05, 0) is 37.1 Å². The number of nitriles is 1. The number of imidazole rings is 1. The van der Waals surface area contributed by atoms with E-state index in [1.54, 1.807) is 6.26 Å². The fourth-order valence-corrected chi connectivity index (χ4v) is 3.27. The quantitative estimate of drug-likeness (QED) is 0.732. The Bertz CT molecular complexity index is 939. The highest BCUT2D eigenvalue weighted by Gasteiger charge is 2.14. The van der Waals surface area contributed by atoms with Crippen LogP contribution in [0.4, 0.5) is 5.82 Å². The number of aromatic nitrogens is 2. The van der Waals surface area contributed by atoms with Crippen LogP contribution in [0, 0.1) is 18.3 Å². The fourth-order valence-electron chi connectivity index (χ4n) is 2.72. The van der Waals surface area contributed by atoms with E-state index in [1.165, 1.54) is 0 Å². The summed E-state index contributed by atoms with van der Waals surface area (Å²) in [6.07, 6.45) is 2.55. The van der Waals surface area contributed by atoms with Crippen molar-refractivity contribution >= 4 is 33.3 Å². The van der Waals surface area contributed by atoms with Gasteiger partial charge in [0.1, 0.15) is 11.9 Å². The second kappa shape index (κ2) is 6.39. The molecule has 6 heteroatoms. The highest BCUT2D eigenvalue weighted by molar-refractivity contribution is 7.84. The molecule has 0 saturated carbocycles. The van der Waals surface area contributed by atoms with Crippen molar-refractivity contribution in [3.05, 3.63) is 41.5 Å². The second-order valence-corrected chi connectivity index (χ2v) is 7.07. The van der Waals surface area contributed by atoms with Crippen molar-refractivity contribution in [1.82, 2.24) is 9.38 Å². The lowest BCUT2D eigenvalue weighted by molar-refractivity contribution is 0.685. The molecule has 0 amide bonds. The third kappa shape index (κ3) is 2.92. The van der Waals surface area contributed by atoms with E-state index in [0.29, 0.717) is 17.0 Å². The summed E-state index contributed by atoms with van der Waals surface area (Å²) < 4.78 is 13.2. The smallest absolute Gasteiger partial charge is 0.157 e. The SMILES string of the molecule is Cc1cc(NCCC[S@](C)=O)n2c(nc3ccccc32)c1C#N. The highest BCUT2D eigenvalue weighted by Crippen LogP contribution is 2.26. The number of fused-ring (bicyclic) bond motifs is 3. The Kier molecular flexibility index (Phi) is 4.30. The molecule has 118 valence electrons. The molecule has 0 unspecified atom stereocenters. The van der Waals surface area contributed by atoms with Gasteiger partial charge in [-0.15, -0.1) is 0 Å². The molecule has 1 N–H and O–H groups in total. The number of hydrogen-bond acceptors (Lipinski definition) is 4. The molecular weight excluding hydrogens is 308 g/mol. The molecule has 0 aliphatic carbocycles. The Labute approximate surface area is 137 Å². The summed E-state index contributed by atoms with van der Waals surface area (Å²) in [6.45, 7) is 2.65. The summed E-state index contributed by atoms with van der Waals surface area (Å²) in [4.78, 5) is 4.62. The van der Waals surface area contributed by atoms with E-state index in [-0.39, 0.29) is 0 Å². The summed E-state index contributed by atoms with van der Waals surface area (Å²) >= 11 is 0. The lowest BCUT2D eigenvalue weighted by Gasteiger charge is -2.12. The number of nitrogens with zero attached hydrogens (tertiary/aromatic N) is 3. The highest BCUT2D eigenvalue weighted by atomic mass is 32.2. The first-order valence-corrected chi connectivity index (χ1v) is 9.19. The van der Waals surface area contributed by atoms with Crippen molar-refractivity contribution in [1.29, 1.82) is 5.26 Å². The molecule has 2 heterocycles. The van der Waals surface area contributed by atoms with Crippen LogP contribution in [0.1, 0.15) is 17.5 Å². The molecule has 0 spiro atoms. The van der Waals surface area contributed by atoms with Crippen LogP contribution in [0.25, 0.3) is 16.7 Å². The van der Waals surface area contributed by atoms with Crippen LogP contribution in [0.15, 0.2) is 30.3 Å². The maximum Gasteiger partial charge on any atom is 0.157 e. The lowest BCUT2D eigenvalue weighted by Crippen LogP contribution is -2.10. The van der Waals surface area contributed by atoms with E-state index in [9.17, 15) is 9.47 Å². The van der Waals surface area contributed by atoms with Gasteiger partial charge < -0.3 is 5.32 Å². The fraction of sp³-hybridized carbons (Fsp3) is 0.294. The number of hydrogen-bond donors (Lipinski definition) is 1. The topological polar surface area (TPSA) is 70.2 Å². The van der Waals surface area contributed by atoms with Gasteiger partial charge in [0.15, 0.2) is 5.65 Å². The molecule has 2 aromatic heterocycles. The largest absolute Gasteiger partial charge is 0.371 e. The molecule has 0 aliphatic heterocycles. The van der Waals surface area contributed by atoms with Crippen molar-refractivity contribution in [2.45, 2.75) is 13.3 Å². The summed E-state index contributed by atoms with van der Waals surface area (Å²) in [5.41, 5.74) is 4.02. The van der Waals surface area contributed by atoms with Crippen LogP contribution >= 0.6 is 0 Å². The molecule has 0 aliphatic rings. The van der Waals surface area contributed by atoms with Crippen molar-refractivity contribution in [3.8, 4) is 6.07 Å². The number of para-hydroxylation sites is 2. The molecule has 0 bridgehead atoms. The van der Waals surface area contributed by atoms with E-state index in [1.807, 2.05) is 41.7 Å². The Morgan fingerprint density at radius 3 is 2.91 bits per heavy atom. The van der Waals surface area contributed by atoms with Crippen molar-refractivity contribution in [3.63, 3.8) is 0 Å². The third-order valence-electron chi connectivity index (χ3n) is 3.80. The van der Waals surface area contributed by atoms with Gasteiger partial charge in [-0.2, -0.15) is 5.26 Å². The number of rotatable bonds is 5. The maximum absolute atomic E-state index is 11.2. The minimum absolute atomic E-state index is 0.599. The molecule has 3 aromatic rings. The minimum atomic E-state index is -0.777. The zero-order chi connectivity index (χ0) is 16.4. The van der Waals surface area contributed by atoms with Crippen LogP contribution in [0.5, 0.6) is 0 Å². The van der Waals surface area contributed by atoms with Crippen molar-refractivity contribution in [2.75, 3.05) is 23.9 Å². The Hall–Kier alpha value is -2.39. The van der Waals surface area contributed by atoms with Gasteiger partial charge in [0.05, 0.1) is 16.6 Å². The zero-order valence-corrected chi connectivity index (χ0v) is 14.0. The van der Waals surface area contributed by atoms with Crippen LogP contribution in [-0.4, -0.2) is 32.1 Å². The predicted molar refractivity (Wildman–Crippen MR) is 94.2 cm³/mol. The Morgan fingerprint density at radius 1 is 1.39 bits per heavy atom. The molecule has 1 atom stereocenters. The van der Waals surface area contributed by atoms with E-state index in [4.69, 9.17) is 0 Å². The van der Waals surface area contributed by atoms with Crippen LogP contribution in [0.2, 0.25) is 0 Å². The molecule has 0 fully saturated rings. The molecule has 0 saturated heterocycles. The van der Waals surface area contributed by atoms with Crippen LogP contribution < -0.4 is 5.32 Å². The van der Waals surface area contributed by atoms with Gasteiger partial charge in [0.25, 0.3) is 0 Å². The zero-order valence-electron chi connectivity index (χ0n) is 13.2. The molecule has 5 nitrogen and oxygen atoms in total. The first-order chi connectivity index (χ1) is 11.1. The number of nitrogens with one attached hydrogen (secondary N) is 1. The summed E-state index contributed by atoms with van der Waals surface area (Å²) in [6, 6.07) is 12.1. The first-order valence-electron chi connectivity index (χ1n) is 7.46. The molecule has 3 rings (SSSR count). The van der Waals surface area contributed by atoms with Gasteiger partial charge in [-0.1, -0.05) is 12.1 Å². The Morgan fingerprint density at radius 2 is 2.17 bits per heavy atom. The average Bonchev–Trinajstić information content (AvgIpc) is 2.90.